The summed E-state index contributed by atoms with van der Waals surface area (Å²) in [4.78, 5) is 13.2. The molecule has 0 unspecified atom stereocenters. The van der Waals surface area contributed by atoms with Crippen LogP contribution in [0.25, 0.3) is 0 Å². The van der Waals surface area contributed by atoms with Crippen LogP contribution >= 0.6 is 0 Å². The second-order valence-electron chi connectivity index (χ2n) is 5.27. The lowest BCUT2D eigenvalue weighted by Crippen LogP contribution is -2.36. The lowest BCUT2D eigenvalue weighted by molar-refractivity contribution is 0.0821. The molecule has 0 saturated carbocycles. The van der Waals surface area contributed by atoms with E-state index >= 15 is 0 Å². The Morgan fingerprint density at radius 3 is 2.35 bits per heavy atom. The summed E-state index contributed by atoms with van der Waals surface area (Å²) in [5.74, 6) is 0.516. The van der Waals surface area contributed by atoms with Crippen LogP contribution < -0.4 is 11.1 Å². The first-order valence-corrected chi connectivity index (χ1v) is 6.97. The maximum Gasteiger partial charge on any atom is 0.273 e. The highest BCUT2D eigenvalue weighted by Crippen LogP contribution is 2.24. The summed E-state index contributed by atoms with van der Waals surface area (Å²) in [6, 6.07) is 3.45. The molecule has 6 heteroatoms. The maximum absolute atomic E-state index is 11.7. The van der Waals surface area contributed by atoms with Crippen molar-refractivity contribution in [2.45, 2.75) is 26.7 Å². The van der Waals surface area contributed by atoms with Gasteiger partial charge >= 0.3 is 0 Å². The lowest BCUT2D eigenvalue weighted by atomic mass is 9.82. The van der Waals surface area contributed by atoms with Gasteiger partial charge in [-0.05, 0) is 36.9 Å². The van der Waals surface area contributed by atoms with Crippen LogP contribution in [0, 0.1) is 5.41 Å². The third-order valence-corrected chi connectivity index (χ3v) is 3.87. The minimum atomic E-state index is -0.150. The van der Waals surface area contributed by atoms with E-state index in [1.165, 1.54) is 4.90 Å². The van der Waals surface area contributed by atoms with Gasteiger partial charge in [-0.15, -0.1) is 10.2 Å². The fourth-order valence-electron chi connectivity index (χ4n) is 1.91. The van der Waals surface area contributed by atoms with Crippen LogP contribution in [0.4, 0.5) is 5.82 Å². The average Bonchev–Trinajstić information content (AvgIpc) is 2.49. The summed E-state index contributed by atoms with van der Waals surface area (Å²) in [7, 11) is 3.38. The summed E-state index contributed by atoms with van der Waals surface area (Å²) in [5.41, 5.74) is 6.29. The zero-order valence-electron chi connectivity index (χ0n) is 12.8. The molecule has 1 aromatic rings. The zero-order valence-corrected chi connectivity index (χ0v) is 12.8. The number of nitrogens with zero attached hydrogens (tertiary/aromatic N) is 3. The van der Waals surface area contributed by atoms with Gasteiger partial charge in [0.25, 0.3) is 5.91 Å². The number of hydrogen-bond acceptors (Lipinski definition) is 5. The van der Waals surface area contributed by atoms with Crippen LogP contribution in [-0.4, -0.2) is 48.2 Å². The third-order valence-electron chi connectivity index (χ3n) is 3.87. The number of amides is 1. The highest BCUT2D eigenvalue weighted by molar-refractivity contribution is 5.91. The van der Waals surface area contributed by atoms with Crippen molar-refractivity contribution in [1.29, 1.82) is 0 Å². The van der Waals surface area contributed by atoms with E-state index in [0.29, 0.717) is 18.1 Å². The Kier molecular flexibility index (Phi) is 5.88. The second kappa shape index (κ2) is 7.19. The Labute approximate surface area is 120 Å². The normalized spacial score (nSPS) is 11.2. The number of aromatic nitrogens is 2. The Hall–Kier alpha value is -1.69. The fourth-order valence-corrected chi connectivity index (χ4v) is 1.91. The largest absolute Gasteiger partial charge is 0.368 e. The van der Waals surface area contributed by atoms with Gasteiger partial charge < -0.3 is 16.0 Å². The van der Waals surface area contributed by atoms with Gasteiger partial charge in [0.15, 0.2) is 5.69 Å². The number of nitrogens with two attached hydrogens (primary N) is 1. The molecular weight excluding hydrogens is 254 g/mol. The van der Waals surface area contributed by atoms with Gasteiger partial charge in [-0.2, -0.15) is 0 Å². The Bertz CT molecular complexity index is 417. The van der Waals surface area contributed by atoms with Gasteiger partial charge in [-0.25, -0.2) is 0 Å². The zero-order chi connectivity index (χ0) is 15.2. The number of carbonyl (C=O) groups is 1. The van der Waals surface area contributed by atoms with Crippen LogP contribution in [0.3, 0.4) is 0 Å². The number of carbonyl (C=O) groups excluding carboxylic acids is 1. The van der Waals surface area contributed by atoms with E-state index in [9.17, 15) is 4.79 Å². The van der Waals surface area contributed by atoms with Crippen LogP contribution in [0.1, 0.15) is 37.2 Å². The standard InChI is InChI=1S/C14H25N5O/c1-5-14(6-2,9-15)10-16-12-8-7-11(17-18-12)13(20)19(3)4/h7-8H,5-6,9-10,15H2,1-4H3,(H,16,18). The fraction of sp³-hybridized carbons (Fsp3) is 0.643. The van der Waals surface area contributed by atoms with Crippen LogP contribution in [-0.2, 0) is 0 Å². The highest BCUT2D eigenvalue weighted by Gasteiger charge is 2.24. The molecule has 1 aromatic heterocycles. The SMILES string of the molecule is CCC(CC)(CN)CNc1ccc(C(=O)N(C)C)nn1. The van der Waals surface area contributed by atoms with Crippen molar-refractivity contribution in [2.24, 2.45) is 11.1 Å². The molecular formula is C14H25N5O. The molecule has 0 fully saturated rings. The lowest BCUT2D eigenvalue weighted by Gasteiger charge is -2.30. The summed E-state index contributed by atoms with van der Waals surface area (Å²) in [6.45, 7) is 5.68. The second-order valence-corrected chi connectivity index (χ2v) is 5.27. The molecule has 112 valence electrons. The van der Waals surface area contributed by atoms with Gasteiger partial charge in [0.1, 0.15) is 5.82 Å². The van der Waals surface area contributed by atoms with E-state index in [4.69, 9.17) is 5.73 Å². The molecule has 0 radical (unpaired) electrons. The van der Waals surface area contributed by atoms with Gasteiger partial charge in [0.2, 0.25) is 0 Å². The van der Waals surface area contributed by atoms with Gasteiger partial charge in [-0.3, -0.25) is 4.79 Å². The van der Waals surface area contributed by atoms with Crippen LogP contribution in [0.5, 0.6) is 0 Å². The predicted molar refractivity (Wildman–Crippen MR) is 80.6 cm³/mol. The Morgan fingerprint density at radius 2 is 1.95 bits per heavy atom. The van der Waals surface area contributed by atoms with Crippen molar-refractivity contribution in [1.82, 2.24) is 15.1 Å². The van der Waals surface area contributed by atoms with Crippen molar-refractivity contribution in [2.75, 3.05) is 32.5 Å². The van der Waals surface area contributed by atoms with Crippen molar-refractivity contribution >= 4 is 11.7 Å². The molecule has 0 bridgehead atoms. The number of rotatable bonds is 7. The average molecular weight is 279 g/mol. The molecule has 6 nitrogen and oxygen atoms in total. The van der Waals surface area contributed by atoms with E-state index in [-0.39, 0.29) is 11.3 Å². The van der Waals surface area contributed by atoms with Crippen molar-refractivity contribution in [3.63, 3.8) is 0 Å². The van der Waals surface area contributed by atoms with Gasteiger partial charge in [0, 0.05) is 20.6 Å². The third kappa shape index (κ3) is 3.90. The molecule has 20 heavy (non-hydrogen) atoms. The molecule has 0 atom stereocenters. The molecule has 1 heterocycles. The van der Waals surface area contributed by atoms with Crippen molar-refractivity contribution in [3.8, 4) is 0 Å². The quantitative estimate of drug-likeness (QED) is 0.787. The first kappa shape index (κ1) is 16.4. The number of hydrogen-bond donors (Lipinski definition) is 2. The monoisotopic (exact) mass is 279 g/mol. The summed E-state index contributed by atoms with van der Waals surface area (Å²) >= 11 is 0. The molecule has 0 aliphatic carbocycles. The molecule has 1 amide bonds. The van der Waals surface area contributed by atoms with Crippen molar-refractivity contribution < 1.29 is 4.79 Å². The summed E-state index contributed by atoms with van der Waals surface area (Å²) in [5, 5.41) is 11.2. The smallest absolute Gasteiger partial charge is 0.273 e. The molecule has 1 rings (SSSR count). The summed E-state index contributed by atoms with van der Waals surface area (Å²) in [6.07, 6.45) is 2.02. The first-order valence-electron chi connectivity index (χ1n) is 6.97. The molecule has 3 N–H and O–H groups in total. The van der Waals surface area contributed by atoms with E-state index < -0.39 is 0 Å². The molecule has 0 aliphatic rings. The molecule has 0 saturated heterocycles. The minimum absolute atomic E-state index is 0.0831. The van der Waals surface area contributed by atoms with Gasteiger partial charge in [-0.1, -0.05) is 13.8 Å². The van der Waals surface area contributed by atoms with E-state index in [2.05, 4.69) is 29.4 Å². The molecule has 0 aliphatic heterocycles. The topological polar surface area (TPSA) is 84.1 Å². The predicted octanol–water partition coefficient (Wildman–Crippen LogP) is 1.36. The highest BCUT2D eigenvalue weighted by atomic mass is 16.2. The minimum Gasteiger partial charge on any atom is -0.368 e. The maximum atomic E-state index is 11.7. The number of nitrogens with one attached hydrogen (secondary N) is 1. The molecule has 0 spiro atoms. The number of anilines is 1. The van der Waals surface area contributed by atoms with Gasteiger partial charge in [0.05, 0.1) is 0 Å². The van der Waals surface area contributed by atoms with E-state index in [1.807, 2.05) is 0 Å². The van der Waals surface area contributed by atoms with E-state index in [1.54, 1.807) is 26.2 Å². The van der Waals surface area contributed by atoms with E-state index in [0.717, 1.165) is 19.4 Å². The summed E-state index contributed by atoms with van der Waals surface area (Å²) < 4.78 is 0. The van der Waals surface area contributed by atoms with Crippen LogP contribution in [0.2, 0.25) is 0 Å². The first-order chi connectivity index (χ1) is 9.48. The van der Waals surface area contributed by atoms with Crippen molar-refractivity contribution in [3.05, 3.63) is 17.8 Å². The van der Waals surface area contributed by atoms with Crippen LogP contribution in [0.15, 0.2) is 12.1 Å². The molecule has 0 aromatic carbocycles. The Morgan fingerprint density at radius 1 is 1.30 bits per heavy atom. The Balaban J connectivity index is 2.69.